The molecule has 218 valence electrons. The maximum absolute atomic E-state index is 12.1. The van der Waals surface area contributed by atoms with E-state index in [1.165, 1.54) is 0 Å². The van der Waals surface area contributed by atoms with E-state index >= 15 is 0 Å². The molecule has 0 aromatic heterocycles. The number of amides is 2. The summed E-state index contributed by atoms with van der Waals surface area (Å²) in [5, 5.41) is 8.21. The minimum absolute atomic E-state index is 0.119. The summed E-state index contributed by atoms with van der Waals surface area (Å²) in [7, 11) is 0. The third-order valence-corrected chi connectivity index (χ3v) is 6.62. The van der Waals surface area contributed by atoms with Crippen LogP contribution in [-0.2, 0) is 28.8 Å². The van der Waals surface area contributed by atoms with Gasteiger partial charge in [-0.05, 0) is 71.6 Å². The highest BCUT2D eigenvalue weighted by molar-refractivity contribution is 6.37. The zero-order valence-corrected chi connectivity index (χ0v) is 23.8. The van der Waals surface area contributed by atoms with Gasteiger partial charge in [-0.3, -0.25) is 28.8 Å². The Morgan fingerprint density at radius 3 is 1.00 bits per heavy atom. The highest BCUT2D eigenvalue weighted by Crippen LogP contribution is 2.11. The van der Waals surface area contributed by atoms with Crippen molar-refractivity contribution >= 4 is 46.4 Å². The van der Waals surface area contributed by atoms with Crippen LogP contribution in [0.5, 0.6) is 0 Å². The van der Waals surface area contributed by atoms with Gasteiger partial charge in [0.1, 0.15) is 0 Å². The van der Waals surface area contributed by atoms with Crippen LogP contribution in [0.15, 0.2) is 10.2 Å². The topological polar surface area (TPSA) is 151 Å². The molecule has 0 spiro atoms. The van der Waals surface area contributed by atoms with E-state index in [2.05, 4.69) is 21.1 Å². The number of carbonyl (C=O) groups is 6. The van der Waals surface area contributed by atoms with Crippen molar-refractivity contribution in [1.29, 1.82) is 0 Å². The summed E-state index contributed by atoms with van der Waals surface area (Å²) in [6.45, 7) is 3.68. The third-order valence-electron chi connectivity index (χ3n) is 6.62. The number of Topliss-reactive ketones (excluding diaryl/α,β-unsaturated/α-hetero) is 4. The molecule has 2 N–H and O–H groups in total. The fraction of sp³-hybridized carbons (Fsp3) is 0.724. The summed E-state index contributed by atoms with van der Waals surface area (Å²) in [6.07, 6.45) is 10.2. The Hall–Kier alpha value is -3.04. The number of hydrogen-bond acceptors (Lipinski definition) is 8. The minimum Gasteiger partial charge on any atom is -0.291 e. The standard InChI is InChI=1S/C29H46N4O6/c1-22-14-7-3-5-9-16-24(34)26(36)18-11-12-19-27(37)25(35)17-10-6-4-8-15-23(2)31-33-29(39)21-13-20-28(38)32-30-22/h3-21H2,1-2H3,(H,32,38)(H,33,39). The maximum Gasteiger partial charge on any atom is 0.240 e. The van der Waals surface area contributed by atoms with Gasteiger partial charge in [0.15, 0.2) is 23.1 Å². The molecule has 1 aliphatic heterocycles. The molecule has 10 heteroatoms. The molecule has 0 atom stereocenters. The Balaban J connectivity index is 2.54. The van der Waals surface area contributed by atoms with E-state index in [0.29, 0.717) is 44.9 Å². The molecule has 0 saturated carbocycles. The maximum atomic E-state index is 12.1. The molecule has 0 aromatic carbocycles. The predicted octanol–water partition coefficient (Wildman–Crippen LogP) is 4.67. The summed E-state index contributed by atoms with van der Waals surface area (Å²) in [5.41, 5.74) is 6.64. The number of ketones is 4. The number of hydrazone groups is 2. The van der Waals surface area contributed by atoms with Gasteiger partial charge in [0, 0.05) is 49.9 Å². The lowest BCUT2D eigenvalue weighted by Crippen LogP contribution is -2.21. The van der Waals surface area contributed by atoms with Gasteiger partial charge in [0.05, 0.1) is 0 Å². The van der Waals surface area contributed by atoms with Crippen molar-refractivity contribution in [2.45, 2.75) is 136 Å². The van der Waals surface area contributed by atoms with Crippen LogP contribution in [0.3, 0.4) is 0 Å². The summed E-state index contributed by atoms with van der Waals surface area (Å²) >= 11 is 0. The molecule has 0 unspecified atom stereocenters. The average molecular weight is 547 g/mol. The van der Waals surface area contributed by atoms with Crippen molar-refractivity contribution in [2.75, 3.05) is 0 Å². The van der Waals surface area contributed by atoms with Crippen LogP contribution in [0, 0.1) is 0 Å². The monoisotopic (exact) mass is 546 g/mol. The number of carbonyl (C=O) groups excluding carboxylic acids is 6. The van der Waals surface area contributed by atoms with E-state index in [0.717, 1.165) is 49.9 Å². The first-order valence-electron chi connectivity index (χ1n) is 14.4. The molecule has 0 radical (unpaired) electrons. The van der Waals surface area contributed by atoms with Gasteiger partial charge in [-0.1, -0.05) is 25.7 Å². The van der Waals surface area contributed by atoms with Gasteiger partial charge in [-0.2, -0.15) is 10.2 Å². The molecular formula is C29H46N4O6. The smallest absolute Gasteiger partial charge is 0.240 e. The summed E-state index contributed by atoms with van der Waals surface area (Å²) < 4.78 is 0. The Morgan fingerprint density at radius 1 is 0.385 bits per heavy atom. The normalized spacial score (nSPS) is 21.2. The molecule has 1 heterocycles. The van der Waals surface area contributed by atoms with Crippen molar-refractivity contribution < 1.29 is 28.8 Å². The first-order chi connectivity index (χ1) is 18.7. The van der Waals surface area contributed by atoms with E-state index in [1.807, 2.05) is 13.8 Å². The summed E-state index contributed by atoms with van der Waals surface area (Å²) in [5.74, 6) is -2.02. The lowest BCUT2D eigenvalue weighted by Gasteiger charge is -2.04. The third kappa shape index (κ3) is 18.0. The van der Waals surface area contributed by atoms with E-state index < -0.39 is 11.6 Å². The fourth-order valence-corrected chi connectivity index (χ4v) is 4.12. The van der Waals surface area contributed by atoms with Crippen LogP contribution >= 0.6 is 0 Å². The van der Waals surface area contributed by atoms with Crippen LogP contribution in [0.1, 0.15) is 136 Å². The first kappa shape index (κ1) is 34.0. The predicted molar refractivity (Wildman–Crippen MR) is 150 cm³/mol. The second-order valence-corrected chi connectivity index (χ2v) is 10.3. The lowest BCUT2D eigenvalue weighted by atomic mass is 10.0. The molecule has 0 aliphatic carbocycles. The molecule has 10 nitrogen and oxygen atoms in total. The molecule has 39 heavy (non-hydrogen) atoms. The highest BCUT2D eigenvalue weighted by Gasteiger charge is 2.15. The first-order valence-corrected chi connectivity index (χ1v) is 14.4. The van der Waals surface area contributed by atoms with Crippen LogP contribution < -0.4 is 10.9 Å². The van der Waals surface area contributed by atoms with Crippen molar-refractivity contribution in [3.05, 3.63) is 0 Å². The molecule has 1 rings (SSSR count). The molecular weight excluding hydrogens is 500 g/mol. The molecule has 0 fully saturated rings. The highest BCUT2D eigenvalue weighted by atomic mass is 16.2. The summed E-state index contributed by atoms with van der Waals surface area (Å²) in [4.78, 5) is 72.2. The Bertz CT molecular complexity index is 837. The molecule has 0 saturated heterocycles. The van der Waals surface area contributed by atoms with Gasteiger partial charge in [-0.25, -0.2) is 10.9 Å². The van der Waals surface area contributed by atoms with Gasteiger partial charge in [0.2, 0.25) is 11.8 Å². The van der Waals surface area contributed by atoms with Crippen molar-refractivity contribution in [1.82, 2.24) is 10.9 Å². The summed E-state index contributed by atoms with van der Waals surface area (Å²) in [6, 6.07) is 0. The molecule has 0 bridgehead atoms. The van der Waals surface area contributed by atoms with Gasteiger partial charge in [0.25, 0.3) is 0 Å². The van der Waals surface area contributed by atoms with E-state index in [-0.39, 0.29) is 61.9 Å². The zero-order chi connectivity index (χ0) is 28.9. The zero-order valence-electron chi connectivity index (χ0n) is 23.8. The number of nitrogens with zero attached hydrogens (tertiary/aromatic N) is 2. The second kappa shape index (κ2) is 20.9. The largest absolute Gasteiger partial charge is 0.291 e. The molecule has 2 amide bonds. The SMILES string of the molecule is CC1=NNC(=O)CCCC(=O)NN=C(C)CCCCCCC(=O)C(=O)CCCCC(=O)C(=O)CCCCCC1. The van der Waals surface area contributed by atoms with E-state index in [1.54, 1.807) is 0 Å². The van der Waals surface area contributed by atoms with E-state index in [9.17, 15) is 28.8 Å². The fourth-order valence-electron chi connectivity index (χ4n) is 4.12. The number of nitrogens with one attached hydrogen (secondary N) is 2. The molecule has 1 aliphatic rings. The number of hydrogen-bond donors (Lipinski definition) is 2. The van der Waals surface area contributed by atoms with Crippen molar-refractivity contribution in [2.24, 2.45) is 10.2 Å². The van der Waals surface area contributed by atoms with Crippen LogP contribution in [0.2, 0.25) is 0 Å². The van der Waals surface area contributed by atoms with Crippen molar-refractivity contribution in [3.63, 3.8) is 0 Å². The van der Waals surface area contributed by atoms with Gasteiger partial charge < -0.3 is 0 Å². The van der Waals surface area contributed by atoms with Crippen LogP contribution in [0.4, 0.5) is 0 Å². The van der Waals surface area contributed by atoms with Crippen molar-refractivity contribution in [3.8, 4) is 0 Å². The average Bonchev–Trinajstić information content (AvgIpc) is 2.91. The molecule has 0 aromatic rings. The lowest BCUT2D eigenvalue weighted by molar-refractivity contribution is -0.137. The quantitative estimate of drug-likeness (QED) is 0.421. The van der Waals surface area contributed by atoms with E-state index in [4.69, 9.17) is 0 Å². The van der Waals surface area contributed by atoms with Crippen LogP contribution in [0.25, 0.3) is 0 Å². The Labute approximate surface area is 232 Å². The second-order valence-electron chi connectivity index (χ2n) is 10.3. The Kier molecular flexibility index (Phi) is 18.2. The van der Waals surface area contributed by atoms with Gasteiger partial charge in [-0.15, -0.1) is 0 Å². The Morgan fingerprint density at radius 2 is 0.667 bits per heavy atom. The van der Waals surface area contributed by atoms with Crippen LogP contribution in [-0.4, -0.2) is 46.4 Å². The van der Waals surface area contributed by atoms with Gasteiger partial charge >= 0.3 is 0 Å². The minimum atomic E-state index is -0.400. The number of rotatable bonds is 0.